The zero-order chi connectivity index (χ0) is 17.9. The van der Waals surface area contributed by atoms with E-state index in [0.717, 1.165) is 10.6 Å². The van der Waals surface area contributed by atoms with Gasteiger partial charge in [0.1, 0.15) is 19.8 Å². The van der Waals surface area contributed by atoms with Crippen LogP contribution in [0.4, 0.5) is 5.69 Å². The number of amides is 1. The molecule has 134 valence electrons. The zero-order valence-corrected chi connectivity index (χ0v) is 15.2. The molecule has 7 nitrogen and oxygen atoms in total. The molecule has 0 radical (unpaired) electrons. The van der Waals surface area contributed by atoms with Gasteiger partial charge in [0.25, 0.3) is 0 Å². The summed E-state index contributed by atoms with van der Waals surface area (Å²) in [4.78, 5) is 12.2. The van der Waals surface area contributed by atoms with Crippen LogP contribution in [0, 0.1) is 5.92 Å². The van der Waals surface area contributed by atoms with Crippen LogP contribution in [0.3, 0.4) is 0 Å². The second kappa shape index (κ2) is 7.29. The number of ether oxygens (including phenoxy) is 2. The van der Waals surface area contributed by atoms with Gasteiger partial charge in [-0.15, -0.1) is 0 Å². The number of nitrogens with one attached hydrogen (secondary N) is 1. The molecular formula is C16H24N2O5S. The summed E-state index contributed by atoms with van der Waals surface area (Å²) >= 11 is 0. The number of hydrogen-bond acceptors (Lipinski definition) is 5. The molecule has 0 aliphatic carbocycles. The Labute approximate surface area is 143 Å². The number of sulfonamides is 1. The maximum atomic E-state index is 12.2. The molecule has 0 spiro atoms. The molecule has 1 aromatic rings. The van der Waals surface area contributed by atoms with E-state index in [1.165, 1.54) is 0 Å². The molecular weight excluding hydrogens is 332 g/mol. The highest BCUT2D eigenvalue weighted by atomic mass is 32.2. The standard InChI is InChI=1S/C16H24N2O5S/c1-11(2)12(3)17-16(19)10-18(24(4,20)21)13-5-6-14-15(9-13)23-8-7-22-14/h5-6,9,11-12H,7-8,10H2,1-4H3,(H,17,19). The number of carbonyl (C=O) groups is 1. The van der Waals surface area contributed by atoms with Crippen LogP contribution in [0.25, 0.3) is 0 Å². The highest BCUT2D eigenvalue weighted by Gasteiger charge is 2.24. The third-order valence-electron chi connectivity index (χ3n) is 3.89. The fourth-order valence-electron chi connectivity index (χ4n) is 2.18. The maximum absolute atomic E-state index is 12.2. The summed E-state index contributed by atoms with van der Waals surface area (Å²) in [6.07, 6.45) is 1.07. The van der Waals surface area contributed by atoms with Crippen LogP contribution in [0.1, 0.15) is 20.8 Å². The number of nitrogens with zero attached hydrogens (tertiary/aromatic N) is 1. The van der Waals surface area contributed by atoms with Crippen molar-refractivity contribution in [2.45, 2.75) is 26.8 Å². The normalized spacial score (nSPS) is 15.0. The third kappa shape index (κ3) is 4.53. The molecule has 0 saturated carbocycles. The van der Waals surface area contributed by atoms with Gasteiger partial charge in [0.15, 0.2) is 11.5 Å². The minimum absolute atomic E-state index is 0.0424. The van der Waals surface area contributed by atoms with Gasteiger partial charge in [-0.25, -0.2) is 8.42 Å². The average molecular weight is 356 g/mol. The van der Waals surface area contributed by atoms with Crippen LogP contribution in [-0.4, -0.2) is 46.4 Å². The molecule has 1 amide bonds. The molecule has 1 N–H and O–H groups in total. The first kappa shape index (κ1) is 18.4. The molecule has 1 aliphatic rings. The van der Waals surface area contributed by atoms with Crippen molar-refractivity contribution in [2.75, 3.05) is 30.3 Å². The molecule has 2 rings (SSSR count). The van der Waals surface area contributed by atoms with E-state index in [9.17, 15) is 13.2 Å². The van der Waals surface area contributed by atoms with Crippen molar-refractivity contribution in [2.24, 2.45) is 5.92 Å². The quantitative estimate of drug-likeness (QED) is 0.832. The molecule has 1 atom stereocenters. The highest BCUT2D eigenvalue weighted by molar-refractivity contribution is 7.92. The lowest BCUT2D eigenvalue weighted by Gasteiger charge is -2.26. The first-order valence-electron chi connectivity index (χ1n) is 7.85. The highest BCUT2D eigenvalue weighted by Crippen LogP contribution is 2.34. The predicted octanol–water partition coefficient (Wildman–Crippen LogP) is 1.38. The first-order chi connectivity index (χ1) is 11.2. The van der Waals surface area contributed by atoms with E-state index < -0.39 is 10.0 Å². The number of benzene rings is 1. The molecule has 0 saturated heterocycles. The van der Waals surface area contributed by atoms with Crippen molar-refractivity contribution in [3.63, 3.8) is 0 Å². The molecule has 8 heteroatoms. The van der Waals surface area contributed by atoms with E-state index >= 15 is 0 Å². The summed E-state index contributed by atoms with van der Waals surface area (Å²) in [7, 11) is -3.62. The van der Waals surface area contributed by atoms with Gasteiger partial charge >= 0.3 is 0 Å². The lowest BCUT2D eigenvalue weighted by atomic mass is 10.1. The number of carbonyl (C=O) groups excluding carboxylic acids is 1. The topological polar surface area (TPSA) is 84.9 Å². The van der Waals surface area contributed by atoms with Gasteiger partial charge in [-0.1, -0.05) is 13.8 Å². The fraction of sp³-hybridized carbons (Fsp3) is 0.562. The summed E-state index contributed by atoms with van der Waals surface area (Å²) in [5.41, 5.74) is 0.370. The molecule has 0 bridgehead atoms. The Morgan fingerprint density at radius 3 is 2.42 bits per heavy atom. The summed E-state index contributed by atoms with van der Waals surface area (Å²) < 4.78 is 36.2. The Bertz CT molecular complexity index is 702. The van der Waals surface area contributed by atoms with Gasteiger partial charge in [-0.3, -0.25) is 9.10 Å². The van der Waals surface area contributed by atoms with Crippen LogP contribution >= 0.6 is 0 Å². The average Bonchev–Trinajstić information content (AvgIpc) is 2.51. The Morgan fingerprint density at radius 2 is 1.83 bits per heavy atom. The van der Waals surface area contributed by atoms with Crippen LogP contribution in [-0.2, 0) is 14.8 Å². The number of rotatable bonds is 6. The lowest BCUT2D eigenvalue weighted by molar-refractivity contribution is -0.120. The summed E-state index contributed by atoms with van der Waals surface area (Å²) in [6, 6.07) is 4.79. The second-order valence-electron chi connectivity index (χ2n) is 6.20. The van der Waals surface area contributed by atoms with Gasteiger partial charge in [-0.05, 0) is 25.0 Å². The summed E-state index contributed by atoms with van der Waals surface area (Å²) in [6.45, 7) is 6.44. The predicted molar refractivity (Wildman–Crippen MR) is 92.1 cm³/mol. The van der Waals surface area contributed by atoms with Gasteiger partial charge in [-0.2, -0.15) is 0 Å². The van der Waals surface area contributed by atoms with Crippen molar-refractivity contribution in [1.82, 2.24) is 5.32 Å². The second-order valence-corrected chi connectivity index (χ2v) is 8.10. The summed E-state index contributed by atoms with van der Waals surface area (Å²) in [5, 5.41) is 2.81. The van der Waals surface area contributed by atoms with Gasteiger partial charge < -0.3 is 14.8 Å². The molecule has 24 heavy (non-hydrogen) atoms. The van der Waals surface area contributed by atoms with E-state index in [-0.39, 0.29) is 24.4 Å². The molecule has 1 aliphatic heterocycles. The number of anilines is 1. The molecule has 0 fully saturated rings. The van der Waals surface area contributed by atoms with Crippen molar-refractivity contribution < 1.29 is 22.7 Å². The molecule has 1 unspecified atom stereocenters. The zero-order valence-electron chi connectivity index (χ0n) is 14.4. The van der Waals surface area contributed by atoms with E-state index in [1.807, 2.05) is 20.8 Å². The number of fused-ring (bicyclic) bond motifs is 1. The Hall–Kier alpha value is -1.96. The Balaban J connectivity index is 2.22. The Kier molecular flexibility index (Phi) is 5.58. The van der Waals surface area contributed by atoms with Crippen molar-refractivity contribution in [3.05, 3.63) is 18.2 Å². The maximum Gasteiger partial charge on any atom is 0.240 e. The molecule has 0 aromatic heterocycles. The lowest BCUT2D eigenvalue weighted by Crippen LogP contribution is -2.44. The molecule has 1 aromatic carbocycles. The van der Waals surface area contributed by atoms with Gasteiger partial charge in [0.2, 0.25) is 15.9 Å². The van der Waals surface area contributed by atoms with Crippen LogP contribution in [0.15, 0.2) is 18.2 Å². The molecule has 1 heterocycles. The minimum Gasteiger partial charge on any atom is -0.486 e. The Morgan fingerprint density at radius 1 is 1.21 bits per heavy atom. The van der Waals surface area contributed by atoms with Crippen LogP contribution in [0.2, 0.25) is 0 Å². The largest absolute Gasteiger partial charge is 0.486 e. The van der Waals surface area contributed by atoms with E-state index in [4.69, 9.17) is 9.47 Å². The van der Waals surface area contributed by atoms with Crippen LogP contribution in [0.5, 0.6) is 11.5 Å². The monoisotopic (exact) mass is 356 g/mol. The first-order valence-corrected chi connectivity index (χ1v) is 9.70. The van der Waals surface area contributed by atoms with Crippen molar-refractivity contribution in [1.29, 1.82) is 0 Å². The van der Waals surface area contributed by atoms with E-state index in [0.29, 0.717) is 30.4 Å². The van der Waals surface area contributed by atoms with Crippen molar-refractivity contribution >= 4 is 21.6 Å². The fourth-order valence-corrected chi connectivity index (χ4v) is 3.03. The smallest absolute Gasteiger partial charge is 0.240 e. The van der Waals surface area contributed by atoms with Crippen molar-refractivity contribution in [3.8, 4) is 11.5 Å². The number of hydrogen-bond donors (Lipinski definition) is 1. The third-order valence-corrected chi connectivity index (χ3v) is 5.03. The van der Waals surface area contributed by atoms with Crippen LogP contribution < -0.4 is 19.1 Å². The SMILES string of the molecule is CC(C)C(C)NC(=O)CN(c1ccc2c(c1)OCCO2)S(C)(=O)=O. The van der Waals surface area contributed by atoms with E-state index in [2.05, 4.69) is 5.32 Å². The van der Waals surface area contributed by atoms with Gasteiger partial charge in [0, 0.05) is 12.1 Å². The van der Waals surface area contributed by atoms with E-state index in [1.54, 1.807) is 18.2 Å². The van der Waals surface area contributed by atoms with Gasteiger partial charge in [0.05, 0.1) is 11.9 Å². The summed E-state index contributed by atoms with van der Waals surface area (Å²) in [5.74, 6) is 0.950. The minimum atomic E-state index is -3.62.